The van der Waals surface area contributed by atoms with Crippen molar-refractivity contribution in [2.75, 3.05) is 43.4 Å². The van der Waals surface area contributed by atoms with Gasteiger partial charge in [-0.15, -0.1) is 11.3 Å². The summed E-state index contributed by atoms with van der Waals surface area (Å²) in [6.45, 7) is 6.53. The van der Waals surface area contributed by atoms with E-state index in [4.69, 9.17) is 4.74 Å². The van der Waals surface area contributed by atoms with E-state index in [1.54, 1.807) is 7.05 Å². The van der Waals surface area contributed by atoms with Crippen LogP contribution in [0.5, 0.6) is 5.75 Å². The van der Waals surface area contributed by atoms with Crippen LogP contribution in [0.1, 0.15) is 28.6 Å². The lowest BCUT2D eigenvalue weighted by Crippen LogP contribution is -2.45. The van der Waals surface area contributed by atoms with Gasteiger partial charge in [-0.25, -0.2) is 0 Å². The van der Waals surface area contributed by atoms with E-state index in [1.165, 1.54) is 11.3 Å². The summed E-state index contributed by atoms with van der Waals surface area (Å²) in [4.78, 5) is 29.3. The van der Waals surface area contributed by atoms with E-state index in [2.05, 4.69) is 26.5 Å². The van der Waals surface area contributed by atoms with Crippen molar-refractivity contribution < 1.29 is 14.3 Å². The molecule has 1 aromatic carbocycles. The number of nitrogens with one attached hydrogen (secondary N) is 2. The Hall–Kier alpha value is -2.58. The van der Waals surface area contributed by atoms with Gasteiger partial charge in [0, 0.05) is 39.8 Å². The molecule has 1 atom stereocenters. The van der Waals surface area contributed by atoms with Gasteiger partial charge in [-0.3, -0.25) is 14.5 Å². The van der Waals surface area contributed by atoms with Crippen LogP contribution in [-0.4, -0.2) is 56.0 Å². The van der Waals surface area contributed by atoms with Gasteiger partial charge >= 0.3 is 0 Å². The molecule has 1 aromatic heterocycles. The number of piperazine rings is 1. The third-order valence-electron chi connectivity index (χ3n) is 5.37. The zero-order chi connectivity index (χ0) is 20.4. The molecule has 0 spiro atoms. The van der Waals surface area contributed by atoms with Gasteiger partial charge in [0.05, 0.1) is 15.6 Å². The number of anilines is 2. The zero-order valence-electron chi connectivity index (χ0n) is 16.7. The maximum atomic E-state index is 12.0. The monoisotopic (exact) mass is 414 g/mol. The SMILES string of the molecule is CC[C@@H]1Oc2ccc(CN3CCN(c4ccc(C(=O)NC)s4)CC3)cc2NC1=O. The van der Waals surface area contributed by atoms with Crippen LogP contribution in [0.4, 0.5) is 10.7 Å². The summed E-state index contributed by atoms with van der Waals surface area (Å²) in [7, 11) is 1.65. The van der Waals surface area contributed by atoms with E-state index in [-0.39, 0.29) is 11.8 Å². The molecule has 154 valence electrons. The summed E-state index contributed by atoms with van der Waals surface area (Å²) in [6.07, 6.45) is 0.259. The standard InChI is InChI=1S/C21H26N4O3S/c1-3-16-20(26)23-15-12-14(4-5-17(15)28-16)13-24-8-10-25(11-9-24)19-7-6-18(29-19)21(27)22-2/h4-7,12,16H,3,8-11,13H2,1-2H3,(H,22,27)(H,23,26)/t16-/m0/s1. The molecule has 2 aliphatic heterocycles. The van der Waals surface area contributed by atoms with Crippen LogP contribution in [-0.2, 0) is 11.3 Å². The molecule has 7 nitrogen and oxygen atoms in total. The summed E-state index contributed by atoms with van der Waals surface area (Å²) in [6, 6.07) is 9.96. The number of rotatable bonds is 5. The molecule has 8 heteroatoms. The molecule has 3 heterocycles. The quantitative estimate of drug-likeness (QED) is 0.787. The Kier molecular flexibility index (Phi) is 5.73. The largest absolute Gasteiger partial charge is 0.478 e. The highest BCUT2D eigenvalue weighted by Gasteiger charge is 2.26. The number of nitrogens with zero attached hydrogens (tertiary/aromatic N) is 2. The zero-order valence-corrected chi connectivity index (χ0v) is 17.6. The highest BCUT2D eigenvalue weighted by molar-refractivity contribution is 7.18. The number of fused-ring (bicyclic) bond motifs is 1. The van der Waals surface area contributed by atoms with Crippen molar-refractivity contribution in [1.29, 1.82) is 0 Å². The number of carbonyl (C=O) groups is 2. The number of ether oxygens (including phenoxy) is 1. The molecular formula is C21H26N4O3S. The van der Waals surface area contributed by atoms with Crippen molar-refractivity contribution in [3.8, 4) is 5.75 Å². The van der Waals surface area contributed by atoms with Crippen LogP contribution >= 0.6 is 11.3 Å². The Morgan fingerprint density at radius 3 is 2.76 bits per heavy atom. The van der Waals surface area contributed by atoms with Crippen molar-refractivity contribution in [2.24, 2.45) is 0 Å². The highest BCUT2D eigenvalue weighted by atomic mass is 32.1. The minimum Gasteiger partial charge on any atom is -0.478 e. The number of hydrogen-bond donors (Lipinski definition) is 2. The number of amides is 2. The molecule has 0 unspecified atom stereocenters. The van der Waals surface area contributed by atoms with E-state index in [1.807, 2.05) is 31.2 Å². The molecule has 29 heavy (non-hydrogen) atoms. The van der Waals surface area contributed by atoms with E-state index < -0.39 is 6.10 Å². The van der Waals surface area contributed by atoms with E-state index in [0.29, 0.717) is 6.42 Å². The Balaban J connectivity index is 1.34. The molecular weight excluding hydrogens is 388 g/mol. The number of benzene rings is 1. The first-order valence-corrected chi connectivity index (χ1v) is 10.8. The number of thiophene rings is 1. The molecule has 0 bridgehead atoms. The van der Waals surface area contributed by atoms with Crippen molar-refractivity contribution in [3.63, 3.8) is 0 Å². The molecule has 2 aliphatic rings. The van der Waals surface area contributed by atoms with Crippen LogP contribution < -0.4 is 20.3 Å². The average molecular weight is 415 g/mol. The fourth-order valence-electron chi connectivity index (χ4n) is 3.69. The fraction of sp³-hybridized carbons (Fsp3) is 0.429. The predicted octanol–water partition coefficient (Wildman–Crippen LogP) is 2.54. The molecule has 0 aliphatic carbocycles. The molecule has 2 amide bonds. The van der Waals surface area contributed by atoms with Gasteiger partial charge < -0.3 is 20.3 Å². The second kappa shape index (κ2) is 8.42. The maximum absolute atomic E-state index is 12.0. The predicted molar refractivity (Wildman–Crippen MR) is 115 cm³/mol. The fourth-order valence-corrected chi connectivity index (χ4v) is 4.70. The minimum absolute atomic E-state index is 0.0337. The van der Waals surface area contributed by atoms with Crippen molar-refractivity contribution in [1.82, 2.24) is 10.2 Å². The smallest absolute Gasteiger partial charge is 0.265 e. The van der Waals surface area contributed by atoms with Crippen LogP contribution in [0.2, 0.25) is 0 Å². The summed E-state index contributed by atoms with van der Waals surface area (Å²) < 4.78 is 5.77. The lowest BCUT2D eigenvalue weighted by molar-refractivity contribution is -0.123. The highest BCUT2D eigenvalue weighted by Crippen LogP contribution is 2.32. The van der Waals surface area contributed by atoms with Gasteiger partial charge in [-0.05, 0) is 36.2 Å². The normalized spacial score (nSPS) is 19.3. The summed E-state index contributed by atoms with van der Waals surface area (Å²) in [5, 5.41) is 6.77. The molecule has 1 fully saturated rings. The summed E-state index contributed by atoms with van der Waals surface area (Å²) in [5.74, 6) is 0.640. The van der Waals surface area contributed by atoms with Crippen LogP contribution in [0, 0.1) is 0 Å². The molecule has 2 N–H and O–H groups in total. The summed E-state index contributed by atoms with van der Waals surface area (Å²) >= 11 is 1.54. The Labute approximate surface area is 174 Å². The molecule has 0 saturated carbocycles. The van der Waals surface area contributed by atoms with Gasteiger partial charge in [0.15, 0.2) is 6.10 Å². The third kappa shape index (κ3) is 4.23. The molecule has 2 aromatic rings. The number of hydrogen-bond acceptors (Lipinski definition) is 6. The molecule has 4 rings (SSSR count). The number of carbonyl (C=O) groups excluding carboxylic acids is 2. The van der Waals surface area contributed by atoms with Crippen LogP contribution in [0.15, 0.2) is 30.3 Å². The van der Waals surface area contributed by atoms with Crippen LogP contribution in [0.25, 0.3) is 0 Å². The van der Waals surface area contributed by atoms with Gasteiger partial charge in [-0.1, -0.05) is 13.0 Å². The first-order chi connectivity index (χ1) is 14.1. The minimum atomic E-state index is -0.400. The van der Waals surface area contributed by atoms with Crippen LogP contribution in [0.3, 0.4) is 0 Å². The first kappa shape index (κ1) is 19.7. The van der Waals surface area contributed by atoms with E-state index in [9.17, 15) is 9.59 Å². The average Bonchev–Trinajstić information content (AvgIpc) is 3.23. The molecule has 1 saturated heterocycles. The van der Waals surface area contributed by atoms with Gasteiger partial charge in [0.25, 0.3) is 11.8 Å². The maximum Gasteiger partial charge on any atom is 0.265 e. The molecule has 0 radical (unpaired) electrons. The van der Waals surface area contributed by atoms with Crippen molar-refractivity contribution >= 4 is 33.8 Å². The van der Waals surface area contributed by atoms with E-state index >= 15 is 0 Å². The van der Waals surface area contributed by atoms with Gasteiger partial charge in [0.1, 0.15) is 5.75 Å². The Bertz CT molecular complexity index is 905. The van der Waals surface area contributed by atoms with Crippen molar-refractivity contribution in [2.45, 2.75) is 26.0 Å². The second-order valence-electron chi connectivity index (χ2n) is 7.31. The van der Waals surface area contributed by atoms with Gasteiger partial charge in [-0.2, -0.15) is 0 Å². The van der Waals surface area contributed by atoms with E-state index in [0.717, 1.165) is 59.6 Å². The summed E-state index contributed by atoms with van der Waals surface area (Å²) in [5.41, 5.74) is 1.92. The first-order valence-electron chi connectivity index (χ1n) is 9.97. The Morgan fingerprint density at radius 2 is 2.03 bits per heavy atom. The lowest BCUT2D eigenvalue weighted by Gasteiger charge is -2.35. The Morgan fingerprint density at radius 1 is 1.24 bits per heavy atom. The lowest BCUT2D eigenvalue weighted by atomic mass is 10.1. The van der Waals surface area contributed by atoms with Crippen molar-refractivity contribution in [3.05, 3.63) is 40.8 Å². The third-order valence-corrected chi connectivity index (χ3v) is 6.51. The topological polar surface area (TPSA) is 73.9 Å². The van der Waals surface area contributed by atoms with Gasteiger partial charge in [0.2, 0.25) is 0 Å². The second-order valence-corrected chi connectivity index (χ2v) is 8.38.